The number of benzene rings is 1. The number of carbonyl (C=O) groups excluding carboxylic acids is 2. The van der Waals surface area contributed by atoms with Crippen LogP contribution in [0.25, 0.3) is 5.95 Å². The Morgan fingerprint density at radius 1 is 1.00 bits per heavy atom. The third-order valence-electron chi connectivity index (χ3n) is 6.07. The molecule has 8 nitrogen and oxygen atoms in total. The SMILES string of the molecule is Cc1cc(C)nc(-n2nc(C)c(CC(=O)Nc3cc(Cl)ccc3C(=O)N3CCCCC3)c2C)n1. The first-order valence-electron chi connectivity index (χ1n) is 11.5. The minimum Gasteiger partial charge on any atom is -0.339 e. The van der Waals surface area contributed by atoms with Gasteiger partial charge in [-0.05, 0) is 71.2 Å². The molecule has 0 unspecified atom stereocenters. The van der Waals surface area contributed by atoms with Crippen molar-refractivity contribution in [1.29, 1.82) is 0 Å². The van der Waals surface area contributed by atoms with Crippen molar-refractivity contribution in [3.05, 3.63) is 63.2 Å². The molecule has 1 N–H and O–H groups in total. The van der Waals surface area contributed by atoms with Crippen LogP contribution in [0.5, 0.6) is 0 Å². The fourth-order valence-corrected chi connectivity index (χ4v) is 4.53. The molecule has 9 heteroatoms. The molecule has 0 radical (unpaired) electrons. The van der Waals surface area contributed by atoms with Crippen LogP contribution in [0.15, 0.2) is 24.3 Å². The molecule has 1 aliphatic rings. The Hall–Kier alpha value is -3.26. The van der Waals surface area contributed by atoms with E-state index in [1.54, 1.807) is 22.9 Å². The summed E-state index contributed by atoms with van der Waals surface area (Å²) in [5.74, 6) is 0.148. The number of amides is 2. The van der Waals surface area contributed by atoms with Gasteiger partial charge in [-0.2, -0.15) is 5.10 Å². The van der Waals surface area contributed by atoms with Crippen molar-refractivity contribution >= 4 is 29.1 Å². The minimum atomic E-state index is -0.248. The Balaban J connectivity index is 1.56. The van der Waals surface area contributed by atoms with Crippen LogP contribution >= 0.6 is 11.6 Å². The molecule has 2 aromatic heterocycles. The first kappa shape index (κ1) is 23.9. The number of anilines is 1. The van der Waals surface area contributed by atoms with Gasteiger partial charge in [-0.3, -0.25) is 9.59 Å². The zero-order chi connectivity index (χ0) is 24.4. The van der Waals surface area contributed by atoms with E-state index in [9.17, 15) is 9.59 Å². The van der Waals surface area contributed by atoms with Crippen molar-refractivity contribution in [3.63, 3.8) is 0 Å². The fourth-order valence-electron chi connectivity index (χ4n) is 4.36. The molecule has 1 aromatic carbocycles. The standard InChI is InChI=1S/C25H29ClN6O2/c1-15-12-16(2)28-25(27-15)32-18(4)21(17(3)30-32)14-23(33)29-22-13-19(26)8-9-20(22)24(34)31-10-6-5-7-11-31/h8-9,12-13H,5-7,10-11,14H2,1-4H3,(H,29,33). The third kappa shape index (κ3) is 5.12. The lowest BCUT2D eigenvalue weighted by atomic mass is 10.1. The second-order valence-corrected chi connectivity index (χ2v) is 9.22. The molecule has 1 saturated heterocycles. The van der Waals surface area contributed by atoms with Crippen molar-refractivity contribution < 1.29 is 9.59 Å². The normalized spacial score (nSPS) is 13.7. The average Bonchev–Trinajstić information content (AvgIpc) is 3.07. The Morgan fingerprint density at radius 3 is 2.35 bits per heavy atom. The maximum Gasteiger partial charge on any atom is 0.255 e. The zero-order valence-electron chi connectivity index (χ0n) is 20.0. The molecule has 178 valence electrons. The largest absolute Gasteiger partial charge is 0.339 e. The van der Waals surface area contributed by atoms with Crippen LogP contribution in [-0.2, 0) is 11.2 Å². The van der Waals surface area contributed by atoms with Crippen molar-refractivity contribution in [2.75, 3.05) is 18.4 Å². The van der Waals surface area contributed by atoms with E-state index in [0.29, 0.717) is 22.2 Å². The lowest BCUT2D eigenvalue weighted by Gasteiger charge is -2.27. The van der Waals surface area contributed by atoms with E-state index in [1.165, 1.54) is 0 Å². The van der Waals surface area contributed by atoms with Crippen molar-refractivity contribution in [2.24, 2.45) is 0 Å². The van der Waals surface area contributed by atoms with Gasteiger partial charge in [0.2, 0.25) is 5.91 Å². The second kappa shape index (κ2) is 9.93. The molecular formula is C25H29ClN6O2. The van der Waals surface area contributed by atoms with Crippen LogP contribution in [0.4, 0.5) is 5.69 Å². The molecule has 34 heavy (non-hydrogen) atoms. The van der Waals surface area contributed by atoms with Crippen LogP contribution < -0.4 is 5.32 Å². The summed E-state index contributed by atoms with van der Waals surface area (Å²) in [7, 11) is 0. The maximum absolute atomic E-state index is 13.1. The van der Waals surface area contributed by atoms with Crippen LogP contribution in [-0.4, -0.2) is 49.6 Å². The van der Waals surface area contributed by atoms with Gasteiger partial charge in [-0.15, -0.1) is 0 Å². The summed E-state index contributed by atoms with van der Waals surface area (Å²) in [6, 6.07) is 6.89. The number of nitrogens with zero attached hydrogens (tertiary/aromatic N) is 5. The Labute approximate surface area is 204 Å². The summed E-state index contributed by atoms with van der Waals surface area (Å²) in [5.41, 5.74) is 4.90. The van der Waals surface area contributed by atoms with Crippen molar-refractivity contribution in [3.8, 4) is 5.95 Å². The number of halogens is 1. The predicted molar refractivity (Wildman–Crippen MR) is 132 cm³/mol. The van der Waals surface area contributed by atoms with E-state index in [0.717, 1.165) is 60.7 Å². The molecule has 3 heterocycles. The van der Waals surface area contributed by atoms with E-state index >= 15 is 0 Å². The first-order chi connectivity index (χ1) is 16.2. The summed E-state index contributed by atoms with van der Waals surface area (Å²) in [4.78, 5) is 37.0. The molecule has 0 aliphatic carbocycles. The minimum absolute atomic E-state index is 0.0844. The van der Waals surface area contributed by atoms with Crippen LogP contribution in [0.3, 0.4) is 0 Å². The third-order valence-corrected chi connectivity index (χ3v) is 6.30. The lowest BCUT2D eigenvalue weighted by molar-refractivity contribution is -0.115. The quantitative estimate of drug-likeness (QED) is 0.585. The molecule has 1 aliphatic heterocycles. The number of aromatic nitrogens is 4. The summed E-state index contributed by atoms with van der Waals surface area (Å²) >= 11 is 6.19. The molecule has 0 bridgehead atoms. The maximum atomic E-state index is 13.1. The van der Waals surface area contributed by atoms with E-state index in [-0.39, 0.29) is 18.2 Å². The van der Waals surface area contributed by atoms with Gasteiger partial charge < -0.3 is 10.2 Å². The number of aryl methyl sites for hydroxylation is 3. The molecule has 0 atom stereocenters. The number of likely N-dealkylation sites (tertiary alicyclic amines) is 1. The van der Waals surface area contributed by atoms with Crippen LogP contribution in [0, 0.1) is 27.7 Å². The van der Waals surface area contributed by atoms with Gasteiger partial charge >= 0.3 is 0 Å². The number of carbonyl (C=O) groups is 2. The Morgan fingerprint density at radius 2 is 1.68 bits per heavy atom. The lowest BCUT2D eigenvalue weighted by Crippen LogP contribution is -2.36. The van der Waals surface area contributed by atoms with Crippen LogP contribution in [0.1, 0.15) is 58.0 Å². The summed E-state index contributed by atoms with van der Waals surface area (Å²) in [6.07, 6.45) is 3.22. The zero-order valence-corrected chi connectivity index (χ0v) is 20.7. The van der Waals surface area contributed by atoms with Gasteiger partial charge in [-0.25, -0.2) is 14.6 Å². The highest BCUT2D eigenvalue weighted by Crippen LogP contribution is 2.25. The monoisotopic (exact) mass is 480 g/mol. The van der Waals surface area contributed by atoms with Gasteiger partial charge in [0.25, 0.3) is 11.9 Å². The first-order valence-corrected chi connectivity index (χ1v) is 11.9. The fraction of sp³-hybridized carbons (Fsp3) is 0.400. The summed E-state index contributed by atoms with van der Waals surface area (Å²) < 4.78 is 1.67. The Kier molecular flexibility index (Phi) is 6.97. The number of piperidine rings is 1. The smallest absolute Gasteiger partial charge is 0.255 e. The number of rotatable bonds is 5. The van der Waals surface area contributed by atoms with E-state index in [1.807, 2.05) is 38.7 Å². The van der Waals surface area contributed by atoms with Gasteiger partial charge in [-0.1, -0.05) is 11.6 Å². The number of hydrogen-bond acceptors (Lipinski definition) is 5. The summed E-state index contributed by atoms with van der Waals surface area (Å²) in [6.45, 7) is 9.03. The highest BCUT2D eigenvalue weighted by Gasteiger charge is 2.23. The van der Waals surface area contributed by atoms with Gasteiger partial charge in [0.1, 0.15) is 0 Å². The van der Waals surface area contributed by atoms with E-state index < -0.39 is 0 Å². The molecule has 0 spiro atoms. The van der Waals surface area contributed by atoms with Gasteiger partial charge in [0.15, 0.2) is 0 Å². The molecule has 3 aromatic rings. The van der Waals surface area contributed by atoms with E-state index in [4.69, 9.17) is 11.6 Å². The number of nitrogens with one attached hydrogen (secondary N) is 1. The predicted octanol–water partition coefficient (Wildman–Crippen LogP) is 4.36. The molecular weight excluding hydrogens is 452 g/mol. The average molecular weight is 481 g/mol. The molecule has 0 saturated carbocycles. The highest BCUT2D eigenvalue weighted by atomic mass is 35.5. The molecule has 4 rings (SSSR count). The Bertz CT molecular complexity index is 1230. The highest BCUT2D eigenvalue weighted by molar-refractivity contribution is 6.31. The van der Waals surface area contributed by atoms with Crippen molar-refractivity contribution in [1.82, 2.24) is 24.6 Å². The van der Waals surface area contributed by atoms with Crippen molar-refractivity contribution in [2.45, 2.75) is 53.4 Å². The van der Waals surface area contributed by atoms with Gasteiger partial charge in [0.05, 0.1) is 23.4 Å². The van der Waals surface area contributed by atoms with E-state index in [2.05, 4.69) is 20.4 Å². The second-order valence-electron chi connectivity index (χ2n) is 8.78. The van der Waals surface area contributed by atoms with Crippen LogP contribution in [0.2, 0.25) is 5.02 Å². The molecule has 2 amide bonds. The topological polar surface area (TPSA) is 93.0 Å². The number of hydrogen-bond donors (Lipinski definition) is 1. The molecule has 1 fully saturated rings. The van der Waals surface area contributed by atoms with Gasteiger partial charge in [0, 0.05) is 40.8 Å². The summed E-state index contributed by atoms with van der Waals surface area (Å²) in [5, 5.41) is 7.93.